The molecule has 17 heavy (non-hydrogen) atoms. The predicted octanol–water partition coefficient (Wildman–Crippen LogP) is 3.37. The second-order valence-electron chi connectivity index (χ2n) is 4.60. The van der Waals surface area contributed by atoms with Crippen LogP contribution in [0.3, 0.4) is 0 Å². The molecule has 1 aromatic heterocycles. The van der Waals surface area contributed by atoms with Crippen molar-refractivity contribution in [1.82, 2.24) is 9.55 Å². The number of Topliss-reactive ketones (excluding diaryl/α,β-unsaturated/α-hetero) is 1. The first-order valence-electron chi connectivity index (χ1n) is 6.57. The van der Waals surface area contributed by atoms with Crippen LogP contribution in [0.1, 0.15) is 56.1 Å². The van der Waals surface area contributed by atoms with Gasteiger partial charge >= 0.3 is 0 Å². The lowest BCUT2D eigenvalue weighted by atomic mass is 10.1. The largest absolute Gasteiger partial charge is 0.328 e. The maximum absolute atomic E-state index is 12.4. The molecule has 3 heteroatoms. The van der Waals surface area contributed by atoms with E-state index in [0.717, 1.165) is 37.8 Å². The summed E-state index contributed by atoms with van der Waals surface area (Å²) in [6.45, 7) is 2.98. The van der Waals surface area contributed by atoms with Crippen LogP contribution in [-0.4, -0.2) is 15.3 Å². The van der Waals surface area contributed by atoms with Gasteiger partial charge in [-0.25, -0.2) is 4.98 Å². The van der Waals surface area contributed by atoms with Gasteiger partial charge in [0, 0.05) is 18.9 Å². The fraction of sp³-hybridized carbons (Fsp3) is 0.571. The van der Waals surface area contributed by atoms with E-state index in [2.05, 4.69) is 18.0 Å². The van der Waals surface area contributed by atoms with E-state index in [1.165, 1.54) is 12.8 Å². The minimum atomic E-state index is 0.130. The van der Waals surface area contributed by atoms with Gasteiger partial charge in [-0.05, 0) is 37.7 Å². The van der Waals surface area contributed by atoms with Gasteiger partial charge in [-0.1, -0.05) is 19.4 Å². The molecule has 3 nitrogen and oxygen atoms in total. The number of hydrogen-bond donors (Lipinski definition) is 0. The van der Waals surface area contributed by atoms with Crippen LogP contribution in [0.4, 0.5) is 0 Å². The predicted molar refractivity (Wildman–Crippen MR) is 68.0 cm³/mol. The number of ketones is 1. The monoisotopic (exact) mass is 232 g/mol. The molecule has 0 radical (unpaired) electrons. The average molecular weight is 232 g/mol. The summed E-state index contributed by atoms with van der Waals surface area (Å²) in [6, 6.07) is 0. The first-order chi connectivity index (χ1) is 8.33. The van der Waals surface area contributed by atoms with E-state index in [0.29, 0.717) is 5.82 Å². The molecule has 0 N–H and O–H groups in total. The first-order valence-corrected chi connectivity index (χ1v) is 6.57. The first kappa shape index (κ1) is 12.1. The molecule has 0 unspecified atom stereocenters. The number of allylic oxidation sites excluding steroid dienone is 2. The van der Waals surface area contributed by atoms with E-state index in [1.54, 1.807) is 6.20 Å². The van der Waals surface area contributed by atoms with E-state index in [1.807, 2.05) is 10.8 Å². The molecule has 1 aliphatic rings. The highest BCUT2D eigenvalue weighted by Gasteiger charge is 2.17. The Morgan fingerprint density at radius 1 is 1.41 bits per heavy atom. The number of imidazole rings is 1. The van der Waals surface area contributed by atoms with Crippen molar-refractivity contribution in [3.05, 3.63) is 29.9 Å². The Bertz CT molecular complexity index is 418. The number of aryl methyl sites for hydroxylation is 1. The molecule has 92 valence electrons. The number of carbonyl (C=O) groups excluding carboxylic acids is 1. The quantitative estimate of drug-likeness (QED) is 0.746. The molecule has 1 aromatic rings. The Kier molecular flexibility index (Phi) is 4.13. The number of hydrogen-bond acceptors (Lipinski definition) is 2. The second-order valence-corrected chi connectivity index (χ2v) is 4.60. The van der Waals surface area contributed by atoms with Crippen molar-refractivity contribution in [2.75, 3.05) is 0 Å². The number of aromatic nitrogens is 2. The molecule has 2 rings (SSSR count). The maximum atomic E-state index is 12.4. The second kappa shape index (κ2) is 5.80. The van der Waals surface area contributed by atoms with Crippen LogP contribution in [-0.2, 0) is 6.54 Å². The molecule has 1 heterocycles. The normalized spacial score (nSPS) is 16.4. The molecule has 0 saturated carbocycles. The standard InChI is InChI=1S/C14H20N2O/c1-2-10-16-11-9-15-14(16)13(17)12-7-5-3-4-6-8-12/h7,9,11H,2-6,8,10H2,1H3. The van der Waals surface area contributed by atoms with Crippen LogP contribution in [0, 0.1) is 0 Å². The summed E-state index contributed by atoms with van der Waals surface area (Å²) >= 11 is 0. The minimum Gasteiger partial charge on any atom is -0.328 e. The van der Waals surface area contributed by atoms with Crippen LogP contribution in [0.2, 0.25) is 0 Å². The summed E-state index contributed by atoms with van der Waals surface area (Å²) in [6.07, 6.45) is 12.3. The molecule has 0 fully saturated rings. The molecule has 0 aliphatic heterocycles. The molecule has 1 aliphatic carbocycles. The van der Waals surface area contributed by atoms with Crippen LogP contribution < -0.4 is 0 Å². The summed E-state index contributed by atoms with van der Waals surface area (Å²) in [7, 11) is 0. The topological polar surface area (TPSA) is 34.9 Å². The van der Waals surface area contributed by atoms with Gasteiger partial charge in [-0.3, -0.25) is 4.79 Å². The lowest BCUT2D eigenvalue weighted by Gasteiger charge is -2.07. The van der Waals surface area contributed by atoms with Crippen LogP contribution in [0.25, 0.3) is 0 Å². The number of nitrogens with zero attached hydrogens (tertiary/aromatic N) is 2. The SMILES string of the molecule is CCCn1ccnc1C(=O)C1=CCCCCC1. The summed E-state index contributed by atoms with van der Waals surface area (Å²) in [4.78, 5) is 16.6. The third-order valence-corrected chi connectivity index (χ3v) is 3.22. The van der Waals surface area contributed by atoms with Gasteiger partial charge < -0.3 is 4.57 Å². The van der Waals surface area contributed by atoms with Gasteiger partial charge in [0.2, 0.25) is 5.78 Å². The van der Waals surface area contributed by atoms with Crippen molar-refractivity contribution < 1.29 is 4.79 Å². The van der Waals surface area contributed by atoms with Crippen LogP contribution >= 0.6 is 0 Å². The highest BCUT2D eigenvalue weighted by Crippen LogP contribution is 2.20. The Morgan fingerprint density at radius 2 is 2.29 bits per heavy atom. The van der Waals surface area contributed by atoms with Crippen LogP contribution in [0.15, 0.2) is 24.0 Å². The lowest BCUT2D eigenvalue weighted by Crippen LogP contribution is -2.12. The maximum Gasteiger partial charge on any atom is 0.224 e. The molecular formula is C14H20N2O. The van der Waals surface area contributed by atoms with Gasteiger partial charge in [0.25, 0.3) is 0 Å². The smallest absolute Gasteiger partial charge is 0.224 e. The third kappa shape index (κ3) is 2.84. The summed E-state index contributed by atoms with van der Waals surface area (Å²) in [5.41, 5.74) is 0.964. The highest BCUT2D eigenvalue weighted by atomic mass is 16.1. The van der Waals surface area contributed by atoms with E-state index >= 15 is 0 Å². The van der Waals surface area contributed by atoms with E-state index in [9.17, 15) is 4.79 Å². The molecule has 0 amide bonds. The van der Waals surface area contributed by atoms with Crippen molar-refractivity contribution in [2.45, 2.75) is 52.0 Å². The Labute approximate surface area is 103 Å². The molecule has 0 saturated heterocycles. The minimum absolute atomic E-state index is 0.130. The molecular weight excluding hydrogens is 212 g/mol. The summed E-state index contributed by atoms with van der Waals surface area (Å²) < 4.78 is 1.97. The zero-order chi connectivity index (χ0) is 12.1. The summed E-state index contributed by atoms with van der Waals surface area (Å²) in [5, 5.41) is 0. The van der Waals surface area contributed by atoms with Gasteiger partial charge in [-0.15, -0.1) is 0 Å². The van der Waals surface area contributed by atoms with Crippen molar-refractivity contribution in [2.24, 2.45) is 0 Å². The Balaban J connectivity index is 2.17. The molecule has 0 aromatic carbocycles. The fourth-order valence-electron chi connectivity index (χ4n) is 2.30. The lowest BCUT2D eigenvalue weighted by molar-refractivity contribution is 0.101. The van der Waals surface area contributed by atoms with Crippen LogP contribution in [0.5, 0.6) is 0 Å². The molecule has 0 spiro atoms. The van der Waals surface area contributed by atoms with Gasteiger partial charge in [0.05, 0.1) is 0 Å². The van der Waals surface area contributed by atoms with Gasteiger partial charge in [-0.2, -0.15) is 0 Å². The van der Waals surface area contributed by atoms with E-state index in [-0.39, 0.29) is 5.78 Å². The van der Waals surface area contributed by atoms with E-state index in [4.69, 9.17) is 0 Å². The van der Waals surface area contributed by atoms with Crippen molar-refractivity contribution >= 4 is 5.78 Å². The summed E-state index contributed by atoms with van der Waals surface area (Å²) in [5.74, 6) is 0.741. The zero-order valence-electron chi connectivity index (χ0n) is 10.5. The molecule has 0 bridgehead atoms. The molecule has 0 atom stereocenters. The van der Waals surface area contributed by atoms with Gasteiger partial charge in [0.15, 0.2) is 5.82 Å². The average Bonchev–Trinajstić information content (AvgIpc) is 2.63. The zero-order valence-corrected chi connectivity index (χ0v) is 10.5. The van der Waals surface area contributed by atoms with Crippen molar-refractivity contribution in [1.29, 1.82) is 0 Å². The van der Waals surface area contributed by atoms with E-state index < -0.39 is 0 Å². The third-order valence-electron chi connectivity index (χ3n) is 3.22. The Hall–Kier alpha value is -1.38. The van der Waals surface area contributed by atoms with Crippen molar-refractivity contribution in [3.8, 4) is 0 Å². The Morgan fingerprint density at radius 3 is 3.12 bits per heavy atom. The number of carbonyl (C=O) groups is 1. The fourth-order valence-corrected chi connectivity index (χ4v) is 2.30. The highest BCUT2D eigenvalue weighted by molar-refractivity contribution is 6.06. The van der Waals surface area contributed by atoms with Gasteiger partial charge in [0.1, 0.15) is 0 Å². The number of rotatable bonds is 4. The van der Waals surface area contributed by atoms with Crippen molar-refractivity contribution in [3.63, 3.8) is 0 Å².